The minimum absolute atomic E-state index is 0.150. The highest BCUT2D eigenvalue weighted by Gasteiger charge is 2.40. The van der Waals surface area contributed by atoms with Crippen LogP contribution in [0.2, 0.25) is 0 Å². The number of carboxylic acid groups (broad SMARTS) is 1. The lowest BCUT2D eigenvalue weighted by Gasteiger charge is -2.33. The summed E-state index contributed by atoms with van der Waals surface area (Å²) in [6.45, 7) is 0.787. The highest BCUT2D eigenvalue weighted by Crippen LogP contribution is 2.37. The average Bonchev–Trinajstić information content (AvgIpc) is 2.48. The Morgan fingerprint density at radius 2 is 2.14 bits per heavy atom. The van der Waals surface area contributed by atoms with Gasteiger partial charge in [0.2, 0.25) is 0 Å². The van der Waals surface area contributed by atoms with Gasteiger partial charge in [-0.15, -0.1) is 0 Å². The Kier molecular flexibility index (Phi) is 4.42. The smallest absolute Gasteiger partial charge is 0.311 e. The summed E-state index contributed by atoms with van der Waals surface area (Å²) < 4.78 is 10.2. The van der Waals surface area contributed by atoms with E-state index >= 15 is 0 Å². The molecule has 1 aliphatic heterocycles. The summed E-state index contributed by atoms with van der Waals surface area (Å²) in [6, 6.07) is 4.56. The molecule has 114 valence electrons. The van der Waals surface area contributed by atoms with Crippen molar-refractivity contribution in [2.45, 2.75) is 19.3 Å². The molecule has 0 atom stereocenters. The zero-order chi connectivity index (χ0) is 15.5. The zero-order valence-corrected chi connectivity index (χ0v) is 11.7. The van der Waals surface area contributed by atoms with Gasteiger partial charge in [-0.2, -0.15) is 0 Å². The molecule has 0 saturated carbocycles. The van der Waals surface area contributed by atoms with Crippen LogP contribution in [0.5, 0.6) is 5.75 Å². The first kappa shape index (κ1) is 15.2. The van der Waals surface area contributed by atoms with Crippen molar-refractivity contribution in [3.05, 3.63) is 33.9 Å². The van der Waals surface area contributed by atoms with Gasteiger partial charge >= 0.3 is 11.7 Å². The van der Waals surface area contributed by atoms with Crippen LogP contribution in [-0.2, 0) is 16.0 Å². The number of benzene rings is 1. The van der Waals surface area contributed by atoms with Gasteiger partial charge in [0.15, 0.2) is 5.75 Å². The van der Waals surface area contributed by atoms with E-state index in [1.165, 1.54) is 19.2 Å². The molecule has 7 heteroatoms. The van der Waals surface area contributed by atoms with E-state index in [9.17, 15) is 20.0 Å². The number of rotatable bonds is 5. The van der Waals surface area contributed by atoms with Crippen LogP contribution in [0.4, 0.5) is 5.69 Å². The number of carbonyl (C=O) groups is 1. The van der Waals surface area contributed by atoms with Crippen molar-refractivity contribution in [1.82, 2.24) is 0 Å². The molecule has 2 rings (SSSR count). The Hall–Kier alpha value is -2.15. The molecule has 1 heterocycles. The van der Waals surface area contributed by atoms with Gasteiger partial charge in [0.25, 0.3) is 0 Å². The van der Waals surface area contributed by atoms with Crippen molar-refractivity contribution >= 4 is 11.7 Å². The molecule has 21 heavy (non-hydrogen) atoms. The molecule has 1 aliphatic rings. The van der Waals surface area contributed by atoms with Crippen LogP contribution in [0.15, 0.2) is 18.2 Å². The standard InChI is InChI=1S/C14H17NO6/c1-20-12-3-2-10(8-11(12)15(18)19)9-14(13(16)17)4-6-21-7-5-14/h2-3,8H,4-7,9H2,1H3,(H,16,17). The Morgan fingerprint density at radius 3 is 2.67 bits per heavy atom. The summed E-state index contributed by atoms with van der Waals surface area (Å²) in [4.78, 5) is 22.1. The zero-order valence-electron chi connectivity index (χ0n) is 11.7. The number of carboxylic acids is 1. The predicted octanol–water partition coefficient (Wildman–Crippen LogP) is 2.03. The molecule has 0 bridgehead atoms. The SMILES string of the molecule is COc1ccc(CC2(C(=O)O)CCOCC2)cc1[N+](=O)[O-]. The summed E-state index contributed by atoms with van der Waals surface area (Å²) in [6.07, 6.45) is 1.06. The maximum Gasteiger partial charge on any atom is 0.311 e. The van der Waals surface area contributed by atoms with Gasteiger partial charge in [0.1, 0.15) is 0 Å². The second-order valence-corrected chi connectivity index (χ2v) is 5.14. The molecule has 0 aliphatic carbocycles. The third-order valence-electron chi connectivity index (χ3n) is 3.89. The molecule has 1 N–H and O–H groups in total. The van der Waals surface area contributed by atoms with Crippen molar-refractivity contribution < 1.29 is 24.3 Å². The molecule has 0 aromatic heterocycles. The highest BCUT2D eigenvalue weighted by molar-refractivity contribution is 5.75. The fourth-order valence-corrected chi connectivity index (χ4v) is 2.61. The molecule has 1 aromatic rings. The Morgan fingerprint density at radius 1 is 1.48 bits per heavy atom. The molecule has 0 unspecified atom stereocenters. The number of methoxy groups -OCH3 is 1. The van der Waals surface area contributed by atoms with Gasteiger partial charge < -0.3 is 14.6 Å². The second-order valence-electron chi connectivity index (χ2n) is 5.14. The molecule has 0 spiro atoms. The van der Waals surface area contributed by atoms with E-state index in [4.69, 9.17) is 9.47 Å². The van der Waals surface area contributed by atoms with Gasteiger partial charge in [-0.25, -0.2) is 0 Å². The fourth-order valence-electron chi connectivity index (χ4n) is 2.61. The fraction of sp³-hybridized carbons (Fsp3) is 0.500. The largest absolute Gasteiger partial charge is 0.490 e. The molecule has 7 nitrogen and oxygen atoms in total. The van der Waals surface area contributed by atoms with Gasteiger partial charge in [-0.05, 0) is 30.9 Å². The topological polar surface area (TPSA) is 98.9 Å². The van der Waals surface area contributed by atoms with Crippen LogP contribution in [0.1, 0.15) is 18.4 Å². The lowest BCUT2D eigenvalue weighted by atomic mass is 9.75. The first-order valence-electron chi connectivity index (χ1n) is 6.61. The summed E-state index contributed by atoms with van der Waals surface area (Å²) in [7, 11) is 1.36. The third-order valence-corrected chi connectivity index (χ3v) is 3.89. The number of aliphatic carboxylic acids is 1. The first-order chi connectivity index (χ1) is 9.98. The summed E-state index contributed by atoms with van der Waals surface area (Å²) >= 11 is 0. The Labute approximate surface area is 121 Å². The van der Waals surface area contributed by atoms with Gasteiger partial charge in [-0.1, -0.05) is 6.07 Å². The quantitative estimate of drug-likeness (QED) is 0.659. The normalized spacial score (nSPS) is 17.2. The van der Waals surface area contributed by atoms with E-state index in [1.54, 1.807) is 6.07 Å². The van der Waals surface area contributed by atoms with Crippen LogP contribution in [0, 0.1) is 15.5 Å². The minimum atomic E-state index is -0.916. The van der Waals surface area contributed by atoms with Crippen molar-refractivity contribution in [3.8, 4) is 5.75 Å². The molecule has 1 fully saturated rings. The van der Waals surface area contributed by atoms with Crippen LogP contribution >= 0.6 is 0 Å². The second kappa shape index (κ2) is 6.09. The Balaban J connectivity index is 2.31. The Bertz CT molecular complexity index is 550. The highest BCUT2D eigenvalue weighted by atomic mass is 16.6. The maximum atomic E-state index is 11.6. The molecule has 1 saturated heterocycles. The number of nitrogens with zero attached hydrogens (tertiary/aromatic N) is 1. The predicted molar refractivity (Wildman–Crippen MR) is 73.5 cm³/mol. The van der Waals surface area contributed by atoms with Crippen LogP contribution in [-0.4, -0.2) is 36.3 Å². The number of ether oxygens (including phenoxy) is 2. The van der Waals surface area contributed by atoms with Crippen LogP contribution < -0.4 is 4.74 Å². The minimum Gasteiger partial charge on any atom is -0.490 e. The lowest BCUT2D eigenvalue weighted by molar-refractivity contribution is -0.385. The average molecular weight is 295 g/mol. The monoisotopic (exact) mass is 295 g/mol. The van der Waals surface area contributed by atoms with Gasteiger partial charge in [0, 0.05) is 19.3 Å². The summed E-state index contributed by atoms with van der Waals surface area (Å²) in [5, 5.41) is 20.5. The molecule has 0 amide bonds. The van der Waals surface area contributed by atoms with E-state index in [1.807, 2.05) is 0 Å². The van der Waals surface area contributed by atoms with E-state index in [-0.39, 0.29) is 17.9 Å². The van der Waals surface area contributed by atoms with Crippen molar-refractivity contribution in [1.29, 1.82) is 0 Å². The third kappa shape index (κ3) is 3.13. The number of nitro benzene ring substituents is 1. The van der Waals surface area contributed by atoms with Crippen LogP contribution in [0.3, 0.4) is 0 Å². The summed E-state index contributed by atoms with van der Waals surface area (Å²) in [5.74, 6) is -0.718. The van der Waals surface area contributed by atoms with Crippen molar-refractivity contribution in [2.24, 2.45) is 5.41 Å². The van der Waals surface area contributed by atoms with Crippen LogP contribution in [0.25, 0.3) is 0 Å². The van der Waals surface area contributed by atoms with E-state index in [0.29, 0.717) is 31.6 Å². The van der Waals surface area contributed by atoms with Crippen molar-refractivity contribution in [2.75, 3.05) is 20.3 Å². The van der Waals surface area contributed by atoms with Gasteiger partial charge in [-0.3, -0.25) is 14.9 Å². The molecular weight excluding hydrogens is 278 g/mol. The first-order valence-corrected chi connectivity index (χ1v) is 6.61. The van der Waals surface area contributed by atoms with Crippen molar-refractivity contribution in [3.63, 3.8) is 0 Å². The van der Waals surface area contributed by atoms with E-state index in [2.05, 4.69) is 0 Å². The van der Waals surface area contributed by atoms with E-state index < -0.39 is 16.3 Å². The van der Waals surface area contributed by atoms with E-state index in [0.717, 1.165) is 0 Å². The lowest BCUT2D eigenvalue weighted by Crippen LogP contribution is -2.39. The summed E-state index contributed by atoms with van der Waals surface area (Å²) in [5.41, 5.74) is -0.449. The van der Waals surface area contributed by atoms with Gasteiger partial charge in [0.05, 0.1) is 17.4 Å². The number of nitro groups is 1. The molecule has 1 aromatic carbocycles. The maximum absolute atomic E-state index is 11.6. The molecular formula is C14H17NO6. The molecule has 0 radical (unpaired) electrons. The number of hydrogen-bond acceptors (Lipinski definition) is 5. The number of hydrogen-bond donors (Lipinski definition) is 1.